The van der Waals surface area contributed by atoms with Crippen LogP contribution in [0.2, 0.25) is 0 Å². The van der Waals surface area contributed by atoms with Gasteiger partial charge in [0.15, 0.2) is 0 Å². The molecule has 2 unspecified atom stereocenters. The second kappa shape index (κ2) is 2.47. The van der Waals surface area contributed by atoms with Crippen LogP contribution in [0.3, 0.4) is 0 Å². The molecular formula is C12H18O2. The number of carbonyl (C=O) groups is 2. The summed E-state index contributed by atoms with van der Waals surface area (Å²) in [6.07, 6.45) is 1.82. The Morgan fingerprint density at radius 1 is 0.857 bits per heavy atom. The van der Waals surface area contributed by atoms with E-state index in [2.05, 4.69) is 0 Å². The third kappa shape index (κ3) is 0.918. The Hall–Kier alpha value is -0.660. The van der Waals surface area contributed by atoms with Crippen molar-refractivity contribution in [3.63, 3.8) is 0 Å². The van der Waals surface area contributed by atoms with Crippen molar-refractivity contribution in [2.75, 3.05) is 0 Å². The van der Waals surface area contributed by atoms with Crippen LogP contribution in [0.4, 0.5) is 0 Å². The quantitative estimate of drug-likeness (QED) is 0.592. The van der Waals surface area contributed by atoms with Crippen LogP contribution in [0.5, 0.6) is 0 Å². The topological polar surface area (TPSA) is 34.1 Å². The van der Waals surface area contributed by atoms with E-state index >= 15 is 0 Å². The Balaban J connectivity index is 2.50. The second-order valence-electron chi connectivity index (χ2n) is 5.85. The van der Waals surface area contributed by atoms with Crippen LogP contribution in [-0.2, 0) is 9.59 Å². The van der Waals surface area contributed by atoms with Gasteiger partial charge in [0.05, 0.1) is 0 Å². The van der Waals surface area contributed by atoms with Crippen molar-refractivity contribution >= 4 is 11.6 Å². The molecule has 0 saturated heterocycles. The Kier molecular flexibility index (Phi) is 1.74. The van der Waals surface area contributed by atoms with Gasteiger partial charge in [0.1, 0.15) is 11.6 Å². The molecule has 0 amide bonds. The lowest BCUT2D eigenvalue weighted by molar-refractivity contribution is -0.166. The van der Waals surface area contributed by atoms with Crippen LogP contribution in [-0.4, -0.2) is 11.6 Å². The SMILES string of the molecule is CC1(C)C(=O)C2CCC1C(=O)C2(C)C. The van der Waals surface area contributed by atoms with E-state index in [4.69, 9.17) is 0 Å². The first kappa shape index (κ1) is 9.88. The zero-order chi connectivity index (χ0) is 10.7. The van der Waals surface area contributed by atoms with E-state index in [9.17, 15) is 9.59 Å². The predicted molar refractivity (Wildman–Crippen MR) is 53.8 cm³/mol. The van der Waals surface area contributed by atoms with Crippen molar-refractivity contribution in [3.05, 3.63) is 0 Å². The molecule has 3 rings (SSSR count). The summed E-state index contributed by atoms with van der Waals surface area (Å²) in [6.45, 7) is 7.72. The van der Waals surface area contributed by atoms with E-state index in [0.717, 1.165) is 12.8 Å². The van der Waals surface area contributed by atoms with Gasteiger partial charge in [-0.3, -0.25) is 9.59 Å². The summed E-state index contributed by atoms with van der Waals surface area (Å²) in [5, 5.41) is 0. The summed E-state index contributed by atoms with van der Waals surface area (Å²) in [7, 11) is 0. The first-order valence-electron chi connectivity index (χ1n) is 5.38. The molecule has 0 aromatic carbocycles. The van der Waals surface area contributed by atoms with Gasteiger partial charge in [-0.2, -0.15) is 0 Å². The second-order valence-corrected chi connectivity index (χ2v) is 5.85. The number of rotatable bonds is 0. The Bertz CT molecular complexity index is 280. The van der Waals surface area contributed by atoms with Gasteiger partial charge >= 0.3 is 0 Å². The maximum absolute atomic E-state index is 12.1. The zero-order valence-electron chi connectivity index (χ0n) is 9.39. The molecule has 78 valence electrons. The van der Waals surface area contributed by atoms with Crippen LogP contribution in [0.25, 0.3) is 0 Å². The van der Waals surface area contributed by atoms with E-state index in [1.807, 2.05) is 27.7 Å². The van der Waals surface area contributed by atoms with Crippen molar-refractivity contribution in [1.82, 2.24) is 0 Å². The van der Waals surface area contributed by atoms with Gasteiger partial charge in [0, 0.05) is 22.7 Å². The summed E-state index contributed by atoms with van der Waals surface area (Å²) >= 11 is 0. The van der Waals surface area contributed by atoms with Crippen molar-refractivity contribution in [1.29, 1.82) is 0 Å². The van der Waals surface area contributed by atoms with Gasteiger partial charge in [-0.05, 0) is 12.8 Å². The number of carbonyl (C=O) groups excluding carboxylic acids is 2. The lowest BCUT2D eigenvalue weighted by Gasteiger charge is -2.53. The largest absolute Gasteiger partial charge is 0.299 e. The molecule has 0 spiro atoms. The smallest absolute Gasteiger partial charge is 0.143 e. The molecule has 0 radical (unpaired) electrons. The predicted octanol–water partition coefficient (Wildman–Crippen LogP) is 2.22. The van der Waals surface area contributed by atoms with Crippen molar-refractivity contribution in [2.45, 2.75) is 40.5 Å². The van der Waals surface area contributed by atoms with Gasteiger partial charge < -0.3 is 0 Å². The number of hydrogen-bond donors (Lipinski definition) is 0. The number of ketones is 2. The maximum atomic E-state index is 12.1. The number of Topliss-reactive ketones (excluding diaryl/α,β-unsaturated/α-hetero) is 2. The summed E-state index contributed by atoms with van der Waals surface area (Å²) < 4.78 is 0. The minimum absolute atomic E-state index is 0.0324. The van der Waals surface area contributed by atoms with Crippen LogP contribution < -0.4 is 0 Å². The van der Waals surface area contributed by atoms with Crippen molar-refractivity contribution in [3.8, 4) is 0 Å². The normalized spacial score (nSPS) is 38.9. The third-order valence-corrected chi connectivity index (χ3v) is 4.39. The molecule has 14 heavy (non-hydrogen) atoms. The maximum Gasteiger partial charge on any atom is 0.143 e. The van der Waals surface area contributed by atoms with Crippen molar-refractivity contribution < 1.29 is 9.59 Å². The molecule has 2 bridgehead atoms. The van der Waals surface area contributed by atoms with Gasteiger partial charge in [0.25, 0.3) is 0 Å². The molecule has 0 aromatic heterocycles. The lowest BCUT2D eigenvalue weighted by Crippen LogP contribution is -2.60. The van der Waals surface area contributed by atoms with Crippen molar-refractivity contribution in [2.24, 2.45) is 22.7 Å². The molecule has 2 atom stereocenters. The average Bonchev–Trinajstić information content (AvgIpc) is 2.06. The summed E-state index contributed by atoms with van der Waals surface area (Å²) in [5.74, 6) is 0.543. The number of hydrogen-bond acceptors (Lipinski definition) is 2. The summed E-state index contributed by atoms with van der Waals surface area (Å²) in [6, 6.07) is 0. The fourth-order valence-electron chi connectivity index (χ4n) is 3.21. The third-order valence-electron chi connectivity index (χ3n) is 4.39. The van der Waals surface area contributed by atoms with Gasteiger partial charge in [-0.1, -0.05) is 27.7 Å². The average molecular weight is 194 g/mol. The highest BCUT2D eigenvalue weighted by molar-refractivity contribution is 6.04. The van der Waals surface area contributed by atoms with Gasteiger partial charge in [0.2, 0.25) is 0 Å². The molecule has 3 aliphatic rings. The summed E-state index contributed by atoms with van der Waals surface area (Å²) in [5.41, 5.74) is -0.814. The highest BCUT2D eigenvalue weighted by Crippen LogP contribution is 2.55. The molecule has 0 aliphatic heterocycles. The van der Waals surface area contributed by atoms with E-state index in [1.165, 1.54) is 0 Å². The molecular weight excluding hydrogens is 176 g/mol. The molecule has 0 aromatic rings. The molecule has 0 N–H and O–H groups in total. The van der Waals surface area contributed by atoms with E-state index < -0.39 is 10.8 Å². The Morgan fingerprint density at radius 3 is 1.43 bits per heavy atom. The first-order chi connectivity index (χ1) is 6.29. The van der Waals surface area contributed by atoms with E-state index in [1.54, 1.807) is 0 Å². The minimum atomic E-state index is -0.407. The molecule has 2 nitrogen and oxygen atoms in total. The van der Waals surface area contributed by atoms with Gasteiger partial charge in [-0.15, -0.1) is 0 Å². The van der Waals surface area contributed by atoms with E-state index in [0.29, 0.717) is 11.6 Å². The van der Waals surface area contributed by atoms with Gasteiger partial charge in [-0.25, -0.2) is 0 Å². The van der Waals surface area contributed by atoms with Crippen LogP contribution in [0, 0.1) is 22.7 Å². The zero-order valence-corrected chi connectivity index (χ0v) is 9.39. The van der Waals surface area contributed by atoms with Crippen LogP contribution in [0.1, 0.15) is 40.5 Å². The van der Waals surface area contributed by atoms with Crippen LogP contribution in [0.15, 0.2) is 0 Å². The summed E-state index contributed by atoms with van der Waals surface area (Å²) in [4.78, 5) is 24.2. The molecule has 2 heteroatoms. The fraction of sp³-hybridized carbons (Fsp3) is 0.833. The monoisotopic (exact) mass is 194 g/mol. The Morgan fingerprint density at radius 2 is 1.14 bits per heavy atom. The highest BCUT2D eigenvalue weighted by atomic mass is 16.1. The first-order valence-corrected chi connectivity index (χ1v) is 5.38. The minimum Gasteiger partial charge on any atom is -0.299 e. The van der Waals surface area contributed by atoms with Crippen LogP contribution >= 0.6 is 0 Å². The number of fused-ring (bicyclic) bond motifs is 3. The lowest BCUT2D eigenvalue weighted by atomic mass is 9.48. The van der Waals surface area contributed by atoms with E-state index in [-0.39, 0.29) is 11.8 Å². The molecule has 3 saturated carbocycles. The molecule has 0 heterocycles. The standard InChI is InChI=1S/C12H18O2/c1-11(2)7-5-6-8(9(11)13)12(3,4)10(7)14/h7-8H,5-6H2,1-4H3. The molecule has 3 aliphatic carbocycles. The fourth-order valence-corrected chi connectivity index (χ4v) is 3.21. The highest BCUT2D eigenvalue weighted by Gasteiger charge is 2.60. The Labute approximate surface area is 85.1 Å². The molecule has 3 fully saturated rings.